The standard InChI is InChI=1S/C31H35ClN4O3S/c32-25-8-5-21(6-9-25)11-15-34-28(38)13-17-36(26-19-23-3-1-2-4-24(23)20-26)18-16-33-14-12-22-7-10-27(37)29-30(22)40-31(39)35-29/h1-10,26,33,37H,11-20H2,(H,34,38)(H,35,39). The fraction of sp³-hybridized carbons (Fsp3) is 0.355. The summed E-state index contributed by atoms with van der Waals surface area (Å²) in [5.41, 5.74) is 5.52. The zero-order chi connectivity index (χ0) is 27.9. The number of nitrogens with one attached hydrogen (secondary N) is 3. The Hall–Kier alpha value is -3.17. The Morgan fingerprint density at radius 2 is 1.73 bits per heavy atom. The molecule has 1 aromatic heterocycles. The van der Waals surface area contributed by atoms with E-state index in [2.05, 4.69) is 44.8 Å². The van der Waals surface area contributed by atoms with Crippen LogP contribution in [0, 0.1) is 0 Å². The highest BCUT2D eigenvalue weighted by Gasteiger charge is 2.26. The van der Waals surface area contributed by atoms with E-state index in [-0.39, 0.29) is 16.5 Å². The van der Waals surface area contributed by atoms with E-state index in [1.165, 1.54) is 11.1 Å². The zero-order valence-electron chi connectivity index (χ0n) is 22.4. The van der Waals surface area contributed by atoms with Gasteiger partial charge in [0.15, 0.2) is 0 Å². The van der Waals surface area contributed by atoms with Gasteiger partial charge in [-0.05, 0) is 72.7 Å². The van der Waals surface area contributed by atoms with Crippen LogP contribution in [0.15, 0.2) is 65.5 Å². The summed E-state index contributed by atoms with van der Waals surface area (Å²) in [6.07, 6.45) is 4.01. The second-order valence-electron chi connectivity index (χ2n) is 10.3. The van der Waals surface area contributed by atoms with Crippen LogP contribution in [0.1, 0.15) is 28.7 Å². The van der Waals surface area contributed by atoms with Gasteiger partial charge < -0.3 is 20.7 Å². The van der Waals surface area contributed by atoms with Crippen molar-refractivity contribution in [3.8, 4) is 5.75 Å². The number of rotatable bonds is 13. The lowest BCUT2D eigenvalue weighted by atomic mass is 10.1. The largest absolute Gasteiger partial charge is 0.506 e. The molecule has 1 aliphatic carbocycles. The van der Waals surface area contributed by atoms with Gasteiger partial charge in [-0.15, -0.1) is 0 Å². The summed E-state index contributed by atoms with van der Waals surface area (Å²) in [4.78, 5) is 29.5. The number of aromatic hydroxyl groups is 1. The van der Waals surface area contributed by atoms with E-state index >= 15 is 0 Å². The summed E-state index contributed by atoms with van der Waals surface area (Å²) in [5.74, 6) is 0.177. The van der Waals surface area contributed by atoms with Crippen molar-refractivity contribution >= 4 is 39.1 Å². The van der Waals surface area contributed by atoms with Gasteiger partial charge >= 0.3 is 4.87 Å². The van der Waals surface area contributed by atoms with Gasteiger partial charge in [0.25, 0.3) is 0 Å². The Bertz CT molecular complexity index is 1480. The van der Waals surface area contributed by atoms with E-state index in [9.17, 15) is 14.7 Å². The number of thiazole rings is 1. The van der Waals surface area contributed by atoms with Gasteiger partial charge in [-0.25, -0.2) is 0 Å². The third-order valence-corrected chi connectivity index (χ3v) is 8.82. The summed E-state index contributed by atoms with van der Waals surface area (Å²) in [6, 6.07) is 20.3. The SMILES string of the molecule is O=C(CCN(CCNCCc1ccc(O)c2[nH]c(=O)sc12)C1Cc2ccccc2C1)NCCc1ccc(Cl)cc1. The monoisotopic (exact) mass is 578 g/mol. The molecular formula is C31H35ClN4O3S. The number of hydrogen-bond acceptors (Lipinski definition) is 6. The Morgan fingerprint density at radius 1 is 0.975 bits per heavy atom. The molecule has 0 saturated carbocycles. The first-order valence-corrected chi connectivity index (χ1v) is 15.0. The Balaban J connectivity index is 1.11. The maximum atomic E-state index is 12.7. The van der Waals surface area contributed by atoms with Crippen LogP contribution in [-0.2, 0) is 30.5 Å². The van der Waals surface area contributed by atoms with Crippen molar-refractivity contribution in [3.05, 3.63) is 97.6 Å². The molecule has 1 aliphatic rings. The van der Waals surface area contributed by atoms with Crippen LogP contribution in [-0.4, -0.2) is 59.7 Å². The maximum Gasteiger partial charge on any atom is 0.305 e. The minimum atomic E-state index is -0.159. The van der Waals surface area contributed by atoms with Crippen LogP contribution in [0.2, 0.25) is 5.02 Å². The molecular weight excluding hydrogens is 544 g/mol. The summed E-state index contributed by atoms with van der Waals surface area (Å²) in [6.45, 7) is 3.73. The second kappa shape index (κ2) is 13.5. The van der Waals surface area contributed by atoms with E-state index in [1.54, 1.807) is 6.07 Å². The Morgan fingerprint density at radius 3 is 2.48 bits per heavy atom. The van der Waals surface area contributed by atoms with Crippen molar-refractivity contribution in [3.63, 3.8) is 0 Å². The molecule has 4 aromatic rings. The number of carbonyl (C=O) groups is 1. The minimum absolute atomic E-state index is 0.0734. The first kappa shape index (κ1) is 28.4. The number of phenolic OH excluding ortho intramolecular Hbond substituents is 1. The van der Waals surface area contributed by atoms with Crippen molar-refractivity contribution in [2.75, 3.05) is 32.7 Å². The van der Waals surface area contributed by atoms with Gasteiger partial charge in [0, 0.05) is 43.7 Å². The lowest BCUT2D eigenvalue weighted by molar-refractivity contribution is -0.121. The molecule has 210 valence electrons. The number of amides is 1. The third-order valence-electron chi connectivity index (χ3n) is 7.61. The van der Waals surface area contributed by atoms with Crippen LogP contribution in [0.25, 0.3) is 10.2 Å². The van der Waals surface area contributed by atoms with Crippen molar-refractivity contribution in [2.24, 2.45) is 0 Å². The first-order chi connectivity index (χ1) is 19.5. The van der Waals surface area contributed by atoms with Gasteiger partial charge in [0.1, 0.15) is 11.3 Å². The fourth-order valence-corrected chi connectivity index (χ4v) is 6.47. The number of hydrogen-bond donors (Lipinski definition) is 4. The van der Waals surface area contributed by atoms with Crippen LogP contribution >= 0.6 is 22.9 Å². The van der Waals surface area contributed by atoms with Crippen molar-refractivity contribution in [1.29, 1.82) is 0 Å². The number of fused-ring (bicyclic) bond motifs is 2. The highest BCUT2D eigenvalue weighted by molar-refractivity contribution is 7.16. The quantitative estimate of drug-likeness (QED) is 0.177. The molecule has 0 bridgehead atoms. The second-order valence-corrected chi connectivity index (χ2v) is 11.7. The lowest BCUT2D eigenvalue weighted by Crippen LogP contribution is -2.42. The number of carbonyl (C=O) groups excluding carboxylic acids is 1. The van der Waals surface area contributed by atoms with Crippen LogP contribution < -0.4 is 15.5 Å². The van der Waals surface area contributed by atoms with Crippen molar-refractivity contribution in [2.45, 2.75) is 38.1 Å². The molecule has 0 unspecified atom stereocenters. The van der Waals surface area contributed by atoms with Crippen LogP contribution in [0.4, 0.5) is 0 Å². The number of phenols is 1. The van der Waals surface area contributed by atoms with Crippen molar-refractivity contribution < 1.29 is 9.90 Å². The topological polar surface area (TPSA) is 97.5 Å². The van der Waals surface area contributed by atoms with Gasteiger partial charge in [0.2, 0.25) is 5.91 Å². The average molecular weight is 579 g/mol. The molecule has 0 spiro atoms. The summed E-state index contributed by atoms with van der Waals surface area (Å²) >= 11 is 7.10. The van der Waals surface area contributed by atoms with Crippen LogP contribution in [0.5, 0.6) is 5.75 Å². The van der Waals surface area contributed by atoms with E-state index in [0.29, 0.717) is 36.1 Å². The van der Waals surface area contributed by atoms with Gasteiger partial charge in [-0.3, -0.25) is 14.5 Å². The van der Waals surface area contributed by atoms with Gasteiger partial charge in [-0.1, -0.05) is 65.4 Å². The van der Waals surface area contributed by atoms with Gasteiger partial charge in [-0.2, -0.15) is 0 Å². The van der Waals surface area contributed by atoms with Crippen molar-refractivity contribution in [1.82, 2.24) is 20.5 Å². The number of halogens is 1. The number of nitrogens with zero attached hydrogens (tertiary/aromatic N) is 1. The molecule has 40 heavy (non-hydrogen) atoms. The third kappa shape index (κ3) is 7.31. The molecule has 0 atom stereocenters. The molecule has 4 N–H and O–H groups in total. The molecule has 9 heteroatoms. The molecule has 7 nitrogen and oxygen atoms in total. The molecule has 0 aliphatic heterocycles. The van der Waals surface area contributed by atoms with E-state index in [1.807, 2.05) is 30.3 Å². The maximum absolute atomic E-state index is 12.7. The minimum Gasteiger partial charge on any atom is -0.506 e. The summed E-state index contributed by atoms with van der Waals surface area (Å²) in [5, 5.41) is 17.4. The number of aromatic amines is 1. The van der Waals surface area contributed by atoms with Gasteiger partial charge in [0.05, 0.1) is 4.70 Å². The predicted molar refractivity (Wildman–Crippen MR) is 163 cm³/mol. The van der Waals surface area contributed by atoms with E-state index in [0.717, 1.165) is 72.5 Å². The lowest BCUT2D eigenvalue weighted by Gasteiger charge is -2.29. The predicted octanol–water partition coefficient (Wildman–Crippen LogP) is 4.30. The molecule has 3 aromatic carbocycles. The number of benzene rings is 3. The van der Waals surface area contributed by atoms with Crippen LogP contribution in [0.3, 0.4) is 0 Å². The normalized spacial score (nSPS) is 13.2. The Kier molecular flexibility index (Phi) is 9.54. The molecule has 0 fully saturated rings. The molecule has 1 heterocycles. The summed E-state index contributed by atoms with van der Waals surface area (Å²) in [7, 11) is 0. The number of H-pyrrole nitrogens is 1. The van der Waals surface area contributed by atoms with E-state index in [4.69, 9.17) is 11.6 Å². The Labute approximate surface area is 243 Å². The molecule has 5 rings (SSSR count). The van der Waals surface area contributed by atoms with E-state index < -0.39 is 0 Å². The highest BCUT2D eigenvalue weighted by atomic mass is 35.5. The number of aromatic nitrogens is 1. The summed E-state index contributed by atoms with van der Waals surface area (Å²) < 4.78 is 0.819. The average Bonchev–Trinajstić information content (AvgIpc) is 3.56. The first-order valence-electron chi connectivity index (χ1n) is 13.8. The highest BCUT2D eigenvalue weighted by Crippen LogP contribution is 2.28. The fourth-order valence-electron chi connectivity index (χ4n) is 5.44. The molecule has 0 saturated heterocycles. The smallest absolute Gasteiger partial charge is 0.305 e. The molecule has 0 radical (unpaired) electrons. The zero-order valence-corrected chi connectivity index (χ0v) is 24.0. The molecule has 1 amide bonds.